The summed E-state index contributed by atoms with van der Waals surface area (Å²) < 4.78 is 31.7. The van der Waals surface area contributed by atoms with Gasteiger partial charge in [-0.2, -0.15) is 13.1 Å². The van der Waals surface area contributed by atoms with Gasteiger partial charge in [-0.25, -0.2) is 0 Å². The van der Waals surface area contributed by atoms with Crippen LogP contribution >= 0.6 is 0 Å². The van der Waals surface area contributed by atoms with Crippen molar-refractivity contribution in [1.29, 1.82) is 0 Å². The molecule has 0 radical (unpaired) electrons. The molecule has 2 N–H and O–H groups in total. The van der Waals surface area contributed by atoms with Gasteiger partial charge in [0.25, 0.3) is 0 Å². The van der Waals surface area contributed by atoms with Crippen LogP contribution in [0.25, 0.3) is 0 Å². The second-order valence-electron chi connectivity index (χ2n) is 3.92. The fourth-order valence-electron chi connectivity index (χ4n) is 1.94. The highest BCUT2D eigenvalue weighted by Gasteiger charge is 2.24. The lowest BCUT2D eigenvalue weighted by atomic mass is 9.98. The maximum atomic E-state index is 10.5. The molecular weight excluding hydrogens is 204 g/mol. The fourth-order valence-corrected chi connectivity index (χ4v) is 2.25. The van der Waals surface area contributed by atoms with E-state index in [0.29, 0.717) is 12.1 Å². The Morgan fingerprint density at radius 2 is 1.86 bits per heavy atom. The third-order valence-corrected chi connectivity index (χ3v) is 3.30. The second-order valence-corrected chi connectivity index (χ2v) is 5.16. The van der Waals surface area contributed by atoms with Crippen molar-refractivity contribution in [1.82, 2.24) is 9.62 Å². The van der Waals surface area contributed by atoms with Crippen molar-refractivity contribution in [2.45, 2.75) is 45.2 Å². The molecule has 1 aliphatic heterocycles. The van der Waals surface area contributed by atoms with E-state index in [0.717, 1.165) is 12.8 Å². The lowest BCUT2D eigenvalue weighted by Gasteiger charge is -2.38. The van der Waals surface area contributed by atoms with E-state index in [1.807, 2.05) is 0 Å². The molecule has 84 valence electrons. The highest BCUT2D eigenvalue weighted by atomic mass is 32.2. The largest absolute Gasteiger partial charge is 0.334 e. The topological polar surface area (TPSA) is 69.6 Å². The Morgan fingerprint density at radius 1 is 1.36 bits per heavy atom. The van der Waals surface area contributed by atoms with Crippen LogP contribution in [0.3, 0.4) is 0 Å². The maximum absolute atomic E-state index is 10.5. The van der Waals surface area contributed by atoms with Crippen molar-refractivity contribution < 1.29 is 13.0 Å². The summed E-state index contributed by atoms with van der Waals surface area (Å²) in [4.78, 5) is 2.05. The van der Waals surface area contributed by atoms with E-state index in [2.05, 4.69) is 23.5 Å². The molecule has 2 unspecified atom stereocenters. The molecule has 1 fully saturated rings. The third-order valence-electron chi connectivity index (χ3n) is 2.81. The summed E-state index contributed by atoms with van der Waals surface area (Å²) in [6.07, 6.45) is 3.35. The molecular formula is C8H18N2O3S. The smallest absolute Gasteiger partial charge is 0.284 e. The average molecular weight is 222 g/mol. The summed E-state index contributed by atoms with van der Waals surface area (Å²) >= 11 is 0. The Labute approximate surface area is 85.4 Å². The van der Waals surface area contributed by atoms with E-state index in [-0.39, 0.29) is 6.67 Å². The number of hydrogen-bond acceptors (Lipinski definition) is 3. The first-order valence-electron chi connectivity index (χ1n) is 4.88. The van der Waals surface area contributed by atoms with Crippen LogP contribution < -0.4 is 4.72 Å². The van der Waals surface area contributed by atoms with Crippen LogP contribution in [-0.4, -0.2) is 36.6 Å². The Bertz CT molecular complexity index is 268. The Kier molecular flexibility index (Phi) is 3.88. The minimum atomic E-state index is -4.06. The van der Waals surface area contributed by atoms with Crippen molar-refractivity contribution in [3.63, 3.8) is 0 Å². The molecule has 0 aromatic carbocycles. The molecule has 0 spiro atoms. The lowest BCUT2D eigenvalue weighted by Crippen LogP contribution is -2.49. The van der Waals surface area contributed by atoms with E-state index in [1.165, 1.54) is 6.42 Å². The number of nitrogens with zero attached hydrogens (tertiary/aromatic N) is 1. The molecule has 2 atom stereocenters. The summed E-state index contributed by atoms with van der Waals surface area (Å²) in [5.41, 5.74) is 0. The molecule has 0 amide bonds. The maximum Gasteiger partial charge on any atom is 0.334 e. The number of nitrogens with one attached hydrogen (secondary N) is 1. The summed E-state index contributed by atoms with van der Waals surface area (Å²) in [5, 5.41) is 0. The van der Waals surface area contributed by atoms with Crippen molar-refractivity contribution in [3.05, 3.63) is 0 Å². The van der Waals surface area contributed by atoms with Crippen molar-refractivity contribution in [3.8, 4) is 0 Å². The summed E-state index contributed by atoms with van der Waals surface area (Å²) in [6.45, 7) is 4.34. The number of hydrogen-bond donors (Lipinski definition) is 2. The molecule has 1 rings (SSSR count). The van der Waals surface area contributed by atoms with Gasteiger partial charge in [0.2, 0.25) is 0 Å². The monoisotopic (exact) mass is 222 g/mol. The van der Waals surface area contributed by atoms with Gasteiger partial charge in [0.1, 0.15) is 0 Å². The van der Waals surface area contributed by atoms with Gasteiger partial charge in [-0.3, -0.25) is 9.45 Å². The Hall–Kier alpha value is -0.170. The summed E-state index contributed by atoms with van der Waals surface area (Å²) in [7, 11) is -4.06. The first kappa shape index (κ1) is 11.9. The van der Waals surface area contributed by atoms with Crippen molar-refractivity contribution >= 4 is 10.3 Å². The Balaban J connectivity index is 2.48. The van der Waals surface area contributed by atoms with Crippen LogP contribution in [0, 0.1) is 0 Å². The van der Waals surface area contributed by atoms with E-state index >= 15 is 0 Å². The first-order chi connectivity index (χ1) is 6.40. The zero-order valence-corrected chi connectivity index (χ0v) is 9.42. The molecule has 5 nitrogen and oxygen atoms in total. The van der Waals surface area contributed by atoms with Crippen LogP contribution in [-0.2, 0) is 10.3 Å². The molecule has 14 heavy (non-hydrogen) atoms. The predicted molar refractivity (Wildman–Crippen MR) is 54.2 cm³/mol. The normalized spacial score (nSPS) is 30.5. The molecule has 6 heteroatoms. The molecule has 1 heterocycles. The van der Waals surface area contributed by atoms with Gasteiger partial charge in [-0.1, -0.05) is 6.42 Å². The van der Waals surface area contributed by atoms with Gasteiger partial charge in [-0.05, 0) is 26.7 Å². The zero-order valence-electron chi connectivity index (χ0n) is 8.60. The molecule has 0 bridgehead atoms. The zero-order chi connectivity index (χ0) is 10.8. The van der Waals surface area contributed by atoms with Gasteiger partial charge in [0, 0.05) is 12.1 Å². The lowest BCUT2D eigenvalue weighted by molar-refractivity contribution is 0.101. The molecule has 0 aliphatic carbocycles. The van der Waals surface area contributed by atoms with Gasteiger partial charge >= 0.3 is 10.3 Å². The summed E-state index contributed by atoms with van der Waals surface area (Å²) in [6, 6.07) is 0.737. The Morgan fingerprint density at radius 3 is 2.29 bits per heavy atom. The van der Waals surface area contributed by atoms with Gasteiger partial charge in [-0.15, -0.1) is 0 Å². The minimum absolute atomic E-state index is 0.196. The molecule has 0 aromatic rings. The highest BCUT2D eigenvalue weighted by molar-refractivity contribution is 7.83. The third kappa shape index (κ3) is 3.53. The van der Waals surface area contributed by atoms with E-state index in [9.17, 15) is 8.42 Å². The first-order valence-corrected chi connectivity index (χ1v) is 6.32. The average Bonchev–Trinajstić information content (AvgIpc) is 2.01. The van der Waals surface area contributed by atoms with Crippen LogP contribution in [0.5, 0.6) is 0 Å². The predicted octanol–water partition coefficient (Wildman–Crippen LogP) is 0.599. The molecule has 0 aromatic heterocycles. The van der Waals surface area contributed by atoms with Crippen LogP contribution in [0.2, 0.25) is 0 Å². The molecule has 1 saturated heterocycles. The van der Waals surface area contributed by atoms with E-state index < -0.39 is 10.3 Å². The minimum Gasteiger partial charge on any atom is -0.284 e. The molecule has 1 aliphatic rings. The van der Waals surface area contributed by atoms with E-state index in [1.54, 1.807) is 0 Å². The van der Waals surface area contributed by atoms with Crippen molar-refractivity contribution in [2.24, 2.45) is 0 Å². The fraction of sp³-hybridized carbons (Fsp3) is 1.00. The number of piperidine rings is 1. The SMILES string of the molecule is CC1CCCC(C)N1CNS(=O)(=O)O. The molecule has 0 saturated carbocycles. The number of likely N-dealkylation sites (tertiary alicyclic amines) is 1. The summed E-state index contributed by atoms with van der Waals surface area (Å²) in [5.74, 6) is 0. The highest BCUT2D eigenvalue weighted by Crippen LogP contribution is 2.21. The van der Waals surface area contributed by atoms with Gasteiger partial charge < -0.3 is 0 Å². The second kappa shape index (κ2) is 4.57. The van der Waals surface area contributed by atoms with Crippen molar-refractivity contribution in [2.75, 3.05) is 6.67 Å². The quantitative estimate of drug-likeness (QED) is 0.686. The van der Waals surface area contributed by atoms with Gasteiger partial charge in [0.15, 0.2) is 0 Å². The van der Waals surface area contributed by atoms with Gasteiger partial charge in [0.05, 0.1) is 6.67 Å². The van der Waals surface area contributed by atoms with Crippen LogP contribution in [0.15, 0.2) is 0 Å². The standard InChI is InChI=1S/C8H18N2O3S/c1-7-4-3-5-8(2)10(7)6-9-14(11,12)13/h7-9H,3-6H2,1-2H3,(H,11,12,13). The number of rotatable bonds is 3. The van der Waals surface area contributed by atoms with Crippen LogP contribution in [0.1, 0.15) is 33.1 Å². The van der Waals surface area contributed by atoms with E-state index in [4.69, 9.17) is 4.55 Å². The van der Waals surface area contributed by atoms with Crippen LogP contribution in [0.4, 0.5) is 0 Å².